The number of hydrogen-bond acceptors (Lipinski definition) is 4. The van der Waals surface area contributed by atoms with Gasteiger partial charge in [-0.15, -0.1) is 0 Å². The van der Waals surface area contributed by atoms with E-state index in [1.165, 1.54) is 0 Å². The summed E-state index contributed by atoms with van der Waals surface area (Å²) < 4.78 is 59.6. The topological polar surface area (TPSA) is 52.6 Å². The van der Waals surface area contributed by atoms with Crippen molar-refractivity contribution in [3.8, 4) is 0 Å². The monoisotopic (exact) mass is 270 g/mol. The third-order valence-electron chi connectivity index (χ3n) is 1.66. The maximum absolute atomic E-state index is 13.0. The molecule has 0 saturated carbocycles. The summed E-state index contributed by atoms with van der Waals surface area (Å²) in [6.07, 6.45) is 1.10. The molecule has 0 rings (SSSR count). The number of hydrogen-bond donors (Lipinski definition) is 0. The fourth-order valence-electron chi connectivity index (χ4n) is 0.653. The van der Waals surface area contributed by atoms with Gasteiger partial charge in [-0.2, -0.15) is 17.6 Å². The van der Waals surface area contributed by atoms with Crippen molar-refractivity contribution in [1.82, 2.24) is 0 Å². The molecule has 0 amide bonds. The Morgan fingerprint density at radius 3 is 1.39 bits per heavy atom. The molecular weight excluding hydrogens is 260 g/mol. The van der Waals surface area contributed by atoms with E-state index in [2.05, 4.69) is 22.6 Å². The van der Waals surface area contributed by atoms with Crippen molar-refractivity contribution < 1.29 is 36.6 Å². The molecule has 0 atom stereocenters. The maximum atomic E-state index is 13.0. The predicted octanol–water partition coefficient (Wildman–Crippen LogP) is 1.72. The zero-order valence-corrected chi connectivity index (χ0v) is 9.13. The van der Waals surface area contributed by atoms with Crippen molar-refractivity contribution in [2.24, 2.45) is 0 Å². The molecule has 0 unspecified atom stereocenters. The number of halogens is 4. The van der Waals surface area contributed by atoms with Crippen LogP contribution in [0.3, 0.4) is 0 Å². The van der Waals surface area contributed by atoms with Gasteiger partial charge in [0.25, 0.3) is 0 Å². The van der Waals surface area contributed by atoms with Crippen LogP contribution in [0.2, 0.25) is 0 Å². The fourth-order valence-corrected chi connectivity index (χ4v) is 0.653. The van der Waals surface area contributed by atoms with Gasteiger partial charge in [-0.1, -0.05) is 13.2 Å². The predicted molar refractivity (Wildman–Crippen MR) is 52.2 cm³/mol. The summed E-state index contributed by atoms with van der Waals surface area (Å²) >= 11 is 0. The molecule has 18 heavy (non-hydrogen) atoms. The highest BCUT2D eigenvalue weighted by Crippen LogP contribution is 2.34. The van der Waals surface area contributed by atoms with E-state index in [1.807, 2.05) is 0 Å². The van der Waals surface area contributed by atoms with Gasteiger partial charge in [0.2, 0.25) is 0 Å². The molecule has 0 aliphatic rings. The zero-order valence-electron chi connectivity index (χ0n) is 9.13. The molecule has 0 fully saturated rings. The van der Waals surface area contributed by atoms with Crippen molar-refractivity contribution in [2.45, 2.75) is 11.8 Å². The van der Waals surface area contributed by atoms with Crippen molar-refractivity contribution in [2.75, 3.05) is 13.2 Å². The van der Waals surface area contributed by atoms with E-state index < -0.39 is 37.0 Å². The molecule has 8 heteroatoms. The summed E-state index contributed by atoms with van der Waals surface area (Å²) in [5.74, 6) is -11.9. The number of ether oxygens (including phenoxy) is 2. The highest BCUT2D eigenvalue weighted by atomic mass is 19.3. The molecule has 0 saturated heterocycles. The van der Waals surface area contributed by atoms with Gasteiger partial charge < -0.3 is 9.47 Å². The third kappa shape index (κ3) is 4.56. The van der Waals surface area contributed by atoms with Crippen LogP contribution in [0.15, 0.2) is 25.3 Å². The normalized spacial score (nSPS) is 11.6. The zero-order chi connectivity index (χ0) is 14.4. The van der Waals surface area contributed by atoms with E-state index in [9.17, 15) is 27.2 Å². The first-order chi connectivity index (χ1) is 8.16. The first kappa shape index (κ1) is 16.1. The lowest BCUT2D eigenvalue weighted by Crippen LogP contribution is -2.48. The lowest BCUT2D eigenvalue weighted by molar-refractivity contribution is -0.246. The Morgan fingerprint density at radius 2 is 1.17 bits per heavy atom. The quantitative estimate of drug-likeness (QED) is 0.401. The van der Waals surface area contributed by atoms with Gasteiger partial charge >= 0.3 is 23.8 Å². The highest BCUT2D eigenvalue weighted by Gasteiger charge is 2.58. The Kier molecular flexibility index (Phi) is 5.54. The van der Waals surface area contributed by atoms with Crippen LogP contribution in [0.5, 0.6) is 0 Å². The molecule has 4 nitrogen and oxygen atoms in total. The summed E-state index contributed by atoms with van der Waals surface area (Å²) in [4.78, 5) is 21.0. The Labute approximate surface area is 99.9 Å². The van der Waals surface area contributed by atoms with Gasteiger partial charge in [-0.05, 0) is 0 Å². The second-order valence-electron chi connectivity index (χ2n) is 3.03. The molecule has 0 aromatic heterocycles. The molecule has 0 spiro atoms. The van der Waals surface area contributed by atoms with E-state index >= 15 is 0 Å². The Bertz CT molecular complexity index is 318. The summed E-state index contributed by atoms with van der Waals surface area (Å²) in [6.45, 7) is 2.11. The summed E-state index contributed by atoms with van der Waals surface area (Å²) in [6, 6.07) is 0. The average Bonchev–Trinajstić information content (AvgIpc) is 2.32. The number of alkyl halides is 4. The van der Waals surface area contributed by atoms with Gasteiger partial charge in [0.1, 0.15) is 0 Å². The van der Waals surface area contributed by atoms with Crippen LogP contribution in [0.1, 0.15) is 0 Å². The molecule has 0 aliphatic carbocycles. The van der Waals surface area contributed by atoms with Crippen LogP contribution >= 0.6 is 0 Å². The van der Waals surface area contributed by atoms with Crippen molar-refractivity contribution in [3.05, 3.63) is 25.3 Å². The Balaban J connectivity index is 4.53. The number of rotatable bonds is 7. The molecule has 0 N–H and O–H groups in total. The van der Waals surface area contributed by atoms with Crippen LogP contribution in [-0.4, -0.2) is 37.0 Å². The molecule has 0 radical (unpaired) electrons. The van der Waals surface area contributed by atoms with E-state index in [0.29, 0.717) is 12.2 Å². The van der Waals surface area contributed by atoms with Crippen molar-refractivity contribution in [1.29, 1.82) is 0 Å². The SMILES string of the molecule is C=CC(=O)OCC(F)(F)C(F)(F)COC(=O)C=C. The Morgan fingerprint density at radius 1 is 0.889 bits per heavy atom. The largest absolute Gasteiger partial charge is 0.456 e. The van der Waals surface area contributed by atoms with Crippen LogP contribution in [0.25, 0.3) is 0 Å². The minimum Gasteiger partial charge on any atom is -0.456 e. The molecule has 102 valence electrons. The first-order valence-electron chi connectivity index (χ1n) is 4.50. The van der Waals surface area contributed by atoms with E-state index in [4.69, 9.17) is 0 Å². The number of esters is 2. The van der Waals surface area contributed by atoms with Crippen molar-refractivity contribution >= 4 is 11.9 Å². The minimum atomic E-state index is -4.67. The van der Waals surface area contributed by atoms with E-state index in [-0.39, 0.29) is 0 Å². The first-order valence-corrected chi connectivity index (χ1v) is 4.50. The van der Waals surface area contributed by atoms with Gasteiger partial charge in [0.15, 0.2) is 13.2 Å². The van der Waals surface area contributed by atoms with E-state index in [1.54, 1.807) is 0 Å². The molecule has 0 aromatic rings. The second kappa shape index (κ2) is 6.18. The summed E-state index contributed by atoms with van der Waals surface area (Å²) in [5.41, 5.74) is 0. The van der Waals surface area contributed by atoms with Gasteiger partial charge in [-0.3, -0.25) is 0 Å². The molecule has 0 bridgehead atoms. The Hall–Kier alpha value is -1.86. The number of carbonyl (C=O) groups excluding carboxylic acids is 2. The van der Waals surface area contributed by atoms with Crippen LogP contribution in [0, 0.1) is 0 Å². The second-order valence-corrected chi connectivity index (χ2v) is 3.03. The average molecular weight is 270 g/mol. The lowest BCUT2D eigenvalue weighted by atomic mass is 10.2. The van der Waals surface area contributed by atoms with Crippen molar-refractivity contribution in [3.63, 3.8) is 0 Å². The summed E-state index contributed by atoms with van der Waals surface area (Å²) in [5, 5.41) is 0. The molecule has 0 aromatic carbocycles. The smallest absolute Gasteiger partial charge is 0.346 e. The number of carbonyl (C=O) groups is 2. The molecule has 0 heterocycles. The van der Waals surface area contributed by atoms with Gasteiger partial charge in [0.05, 0.1) is 0 Å². The lowest BCUT2D eigenvalue weighted by Gasteiger charge is -2.25. The maximum Gasteiger partial charge on any atom is 0.346 e. The van der Waals surface area contributed by atoms with E-state index in [0.717, 1.165) is 0 Å². The van der Waals surface area contributed by atoms with Crippen LogP contribution < -0.4 is 0 Å². The summed E-state index contributed by atoms with van der Waals surface area (Å²) in [7, 11) is 0. The van der Waals surface area contributed by atoms with Gasteiger partial charge in [-0.25, -0.2) is 9.59 Å². The fraction of sp³-hybridized carbons (Fsp3) is 0.400. The van der Waals surface area contributed by atoms with Gasteiger partial charge in [0, 0.05) is 12.2 Å². The highest BCUT2D eigenvalue weighted by molar-refractivity contribution is 5.81. The van der Waals surface area contributed by atoms with Crippen LogP contribution in [0.4, 0.5) is 17.6 Å². The minimum absolute atomic E-state index is 0.548. The standard InChI is InChI=1S/C10H10F4O4/c1-3-7(15)17-5-9(11,12)10(13,14)6-18-8(16)4-2/h3-4H,1-2,5-6H2. The third-order valence-corrected chi connectivity index (χ3v) is 1.66. The van der Waals surface area contributed by atoms with Crippen LogP contribution in [-0.2, 0) is 19.1 Å². The molecule has 0 aliphatic heterocycles. The molecular formula is C10H10F4O4.